The molecule has 0 saturated heterocycles. The number of nitrogens with one attached hydrogen (secondary N) is 1. The molecule has 3 aromatic carbocycles. The Labute approximate surface area is 243 Å². The summed E-state index contributed by atoms with van der Waals surface area (Å²) in [6.07, 6.45) is 1.26. The van der Waals surface area contributed by atoms with E-state index in [2.05, 4.69) is 50.4 Å². The van der Waals surface area contributed by atoms with Crippen LogP contribution in [0.2, 0.25) is 10.0 Å². The molecule has 2 amide bonds. The lowest BCUT2D eigenvalue weighted by Crippen LogP contribution is -2.54. The van der Waals surface area contributed by atoms with Crippen LogP contribution in [-0.2, 0) is 34.4 Å². The van der Waals surface area contributed by atoms with Gasteiger partial charge < -0.3 is 10.2 Å². The van der Waals surface area contributed by atoms with Crippen LogP contribution in [0.3, 0.4) is 0 Å². The van der Waals surface area contributed by atoms with Gasteiger partial charge >= 0.3 is 0 Å². The summed E-state index contributed by atoms with van der Waals surface area (Å²) in [5.41, 5.74) is 3.75. The van der Waals surface area contributed by atoms with Gasteiger partial charge in [0, 0.05) is 24.9 Å². The first kappa shape index (κ1) is 30.7. The third kappa shape index (κ3) is 9.40. The Morgan fingerprint density at radius 2 is 1.41 bits per heavy atom. The summed E-state index contributed by atoms with van der Waals surface area (Å²) in [6.45, 7) is 12.6. The second-order valence-electron chi connectivity index (χ2n) is 12.2. The lowest BCUT2D eigenvalue weighted by molar-refractivity contribution is -0.141. The normalized spacial score (nSPS) is 12.6. The van der Waals surface area contributed by atoms with E-state index >= 15 is 0 Å². The Hall–Kier alpha value is -2.82. The molecule has 0 saturated carbocycles. The van der Waals surface area contributed by atoms with Crippen molar-refractivity contribution in [2.75, 3.05) is 0 Å². The first-order chi connectivity index (χ1) is 18.2. The molecule has 3 aromatic rings. The highest BCUT2D eigenvalue weighted by molar-refractivity contribution is 6.42. The van der Waals surface area contributed by atoms with Crippen LogP contribution in [0.25, 0.3) is 0 Å². The van der Waals surface area contributed by atoms with E-state index in [1.807, 2.05) is 57.2 Å². The lowest BCUT2D eigenvalue weighted by Gasteiger charge is -2.34. The maximum atomic E-state index is 13.9. The Morgan fingerprint density at radius 3 is 1.97 bits per heavy atom. The average Bonchev–Trinajstić information content (AvgIpc) is 2.86. The zero-order valence-corrected chi connectivity index (χ0v) is 25.4. The molecule has 0 spiro atoms. The summed E-state index contributed by atoms with van der Waals surface area (Å²) in [4.78, 5) is 29.3. The van der Waals surface area contributed by atoms with Crippen molar-refractivity contribution in [2.45, 2.75) is 84.3 Å². The molecule has 0 aliphatic rings. The van der Waals surface area contributed by atoms with Gasteiger partial charge in [0.05, 0.1) is 10.0 Å². The summed E-state index contributed by atoms with van der Waals surface area (Å²) >= 11 is 12.5. The number of hydrogen-bond acceptors (Lipinski definition) is 2. The van der Waals surface area contributed by atoms with Gasteiger partial charge in [-0.15, -0.1) is 0 Å². The van der Waals surface area contributed by atoms with E-state index in [0.29, 0.717) is 22.9 Å². The second-order valence-corrected chi connectivity index (χ2v) is 13.0. The molecule has 0 fully saturated rings. The molecule has 39 heavy (non-hydrogen) atoms. The highest BCUT2D eigenvalue weighted by Crippen LogP contribution is 2.26. The van der Waals surface area contributed by atoms with Gasteiger partial charge in [0.2, 0.25) is 11.8 Å². The molecule has 0 aliphatic carbocycles. The van der Waals surface area contributed by atoms with Gasteiger partial charge in [-0.25, -0.2) is 0 Å². The summed E-state index contributed by atoms with van der Waals surface area (Å²) in [5, 5.41) is 3.96. The average molecular weight is 568 g/mol. The molecule has 3 rings (SSSR count). The molecule has 1 unspecified atom stereocenters. The lowest BCUT2D eigenvalue weighted by atomic mass is 9.86. The van der Waals surface area contributed by atoms with Crippen LogP contribution >= 0.6 is 23.2 Å². The van der Waals surface area contributed by atoms with Gasteiger partial charge in [-0.2, -0.15) is 0 Å². The predicted molar refractivity (Wildman–Crippen MR) is 162 cm³/mol. The summed E-state index contributed by atoms with van der Waals surface area (Å²) < 4.78 is 0. The first-order valence-corrected chi connectivity index (χ1v) is 14.2. The van der Waals surface area contributed by atoms with Crippen molar-refractivity contribution in [1.82, 2.24) is 10.2 Å². The predicted octanol–water partition coefficient (Wildman–Crippen LogP) is 7.78. The summed E-state index contributed by atoms with van der Waals surface area (Å²) in [5.74, 6) is -0.278. The van der Waals surface area contributed by atoms with Crippen molar-refractivity contribution < 1.29 is 9.59 Å². The standard InChI is InChI=1S/C33H40Cl2N2O2/c1-32(2,3)26-16-12-23(13-17-26)15-19-30(38)37(22-25-14-18-27(34)28(35)20-25)29(31(39)36-33(4,5)6)21-24-10-8-7-9-11-24/h7-14,16-18,20,29H,15,19,21-22H2,1-6H3,(H,36,39). The molecular formula is C33H40Cl2N2O2. The van der Waals surface area contributed by atoms with Crippen LogP contribution in [0.15, 0.2) is 72.8 Å². The van der Waals surface area contributed by atoms with Crippen LogP contribution in [0, 0.1) is 0 Å². The molecule has 0 bridgehead atoms. The third-order valence-electron chi connectivity index (χ3n) is 6.55. The van der Waals surface area contributed by atoms with Crippen LogP contribution in [0.4, 0.5) is 0 Å². The SMILES string of the molecule is CC(C)(C)NC(=O)C(Cc1ccccc1)N(Cc1ccc(Cl)c(Cl)c1)C(=O)CCc1ccc(C(C)(C)C)cc1. The smallest absolute Gasteiger partial charge is 0.243 e. The Bertz CT molecular complexity index is 1260. The third-order valence-corrected chi connectivity index (χ3v) is 7.29. The van der Waals surface area contributed by atoms with Gasteiger partial charge in [-0.05, 0) is 67.0 Å². The number of benzene rings is 3. The van der Waals surface area contributed by atoms with E-state index in [1.54, 1.807) is 17.0 Å². The van der Waals surface area contributed by atoms with Crippen molar-refractivity contribution in [2.24, 2.45) is 0 Å². The minimum atomic E-state index is -0.697. The van der Waals surface area contributed by atoms with Gasteiger partial charge in [0.1, 0.15) is 6.04 Å². The van der Waals surface area contributed by atoms with Gasteiger partial charge in [-0.3, -0.25) is 9.59 Å². The highest BCUT2D eigenvalue weighted by atomic mass is 35.5. The monoisotopic (exact) mass is 566 g/mol. The second kappa shape index (κ2) is 13.0. The maximum absolute atomic E-state index is 13.9. The van der Waals surface area contributed by atoms with Crippen LogP contribution in [0.5, 0.6) is 0 Å². The fourth-order valence-electron chi connectivity index (χ4n) is 4.41. The molecular weight excluding hydrogens is 527 g/mol. The molecule has 0 aliphatic heterocycles. The van der Waals surface area contributed by atoms with E-state index in [1.165, 1.54) is 5.56 Å². The Morgan fingerprint density at radius 1 is 0.795 bits per heavy atom. The maximum Gasteiger partial charge on any atom is 0.243 e. The van der Waals surface area contributed by atoms with Gasteiger partial charge in [0.25, 0.3) is 0 Å². The fourth-order valence-corrected chi connectivity index (χ4v) is 4.73. The van der Waals surface area contributed by atoms with Crippen molar-refractivity contribution in [3.05, 3.63) is 105 Å². The molecule has 0 aromatic heterocycles. The topological polar surface area (TPSA) is 49.4 Å². The fraction of sp³-hybridized carbons (Fsp3) is 0.394. The first-order valence-electron chi connectivity index (χ1n) is 13.4. The summed E-state index contributed by atoms with van der Waals surface area (Å²) in [7, 11) is 0. The number of hydrogen-bond donors (Lipinski definition) is 1. The number of halogens is 2. The molecule has 208 valence electrons. The van der Waals surface area contributed by atoms with E-state index in [-0.39, 0.29) is 30.2 Å². The zero-order valence-electron chi connectivity index (χ0n) is 23.9. The molecule has 0 heterocycles. The quantitative estimate of drug-likeness (QED) is 0.287. The largest absolute Gasteiger partial charge is 0.350 e. The minimum absolute atomic E-state index is 0.0656. The number of carbonyl (C=O) groups excluding carboxylic acids is 2. The van der Waals surface area contributed by atoms with Crippen molar-refractivity contribution in [3.63, 3.8) is 0 Å². The number of aryl methyl sites for hydroxylation is 1. The van der Waals surface area contributed by atoms with Crippen LogP contribution in [0.1, 0.15) is 70.2 Å². The van der Waals surface area contributed by atoms with E-state index in [0.717, 1.165) is 16.7 Å². The molecule has 6 heteroatoms. The molecule has 1 atom stereocenters. The molecule has 4 nitrogen and oxygen atoms in total. The zero-order chi connectivity index (χ0) is 28.8. The van der Waals surface area contributed by atoms with Crippen LogP contribution in [-0.4, -0.2) is 28.3 Å². The minimum Gasteiger partial charge on any atom is -0.350 e. The number of carbonyl (C=O) groups is 2. The van der Waals surface area contributed by atoms with Crippen molar-refractivity contribution in [3.8, 4) is 0 Å². The highest BCUT2D eigenvalue weighted by Gasteiger charge is 2.32. The van der Waals surface area contributed by atoms with Crippen molar-refractivity contribution >= 4 is 35.0 Å². The van der Waals surface area contributed by atoms with E-state index < -0.39 is 11.6 Å². The van der Waals surface area contributed by atoms with Crippen LogP contribution < -0.4 is 5.32 Å². The van der Waals surface area contributed by atoms with Gasteiger partial charge in [-0.1, -0.05) is 105 Å². The molecule has 0 radical (unpaired) electrons. The van der Waals surface area contributed by atoms with E-state index in [9.17, 15) is 9.59 Å². The van der Waals surface area contributed by atoms with Crippen molar-refractivity contribution in [1.29, 1.82) is 0 Å². The number of amides is 2. The number of rotatable bonds is 9. The Kier molecular flexibility index (Phi) is 10.3. The van der Waals surface area contributed by atoms with E-state index in [4.69, 9.17) is 23.2 Å². The molecule has 1 N–H and O–H groups in total. The van der Waals surface area contributed by atoms with Gasteiger partial charge in [0.15, 0.2) is 0 Å². The summed E-state index contributed by atoms with van der Waals surface area (Å²) in [6, 6.07) is 22.9. The Balaban J connectivity index is 1.92. The number of nitrogens with zero attached hydrogens (tertiary/aromatic N) is 1.